The summed E-state index contributed by atoms with van der Waals surface area (Å²) in [6, 6.07) is 0.00544. The van der Waals surface area contributed by atoms with Crippen molar-refractivity contribution in [2.75, 3.05) is 25.2 Å². The standard InChI is InChI=1S/C10H23NO2S/c1-10(2,3)9(11)8-14(12)7-5-6-13-4/h9H,5-8,11H2,1-4H3. The predicted octanol–water partition coefficient (Wildman–Crippen LogP) is 1.14. The first-order valence-electron chi connectivity index (χ1n) is 4.97. The first kappa shape index (κ1) is 14.1. The fourth-order valence-electron chi connectivity index (χ4n) is 0.898. The molecule has 2 unspecified atom stereocenters. The van der Waals surface area contributed by atoms with Crippen LogP contribution < -0.4 is 5.73 Å². The maximum Gasteiger partial charge on any atom is 0.0471 e. The van der Waals surface area contributed by atoms with Gasteiger partial charge in [-0.1, -0.05) is 20.8 Å². The van der Waals surface area contributed by atoms with E-state index < -0.39 is 10.8 Å². The first-order chi connectivity index (χ1) is 6.38. The van der Waals surface area contributed by atoms with Crippen molar-refractivity contribution < 1.29 is 8.95 Å². The highest BCUT2D eigenvalue weighted by atomic mass is 32.2. The molecule has 4 heteroatoms. The lowest BCUT2D eigenvalue weighted by Gasteiger charge is -2.26. The van der Waals surface area contributed by atoms with Crippen LogP contribution in [0.2, 0.25) is 0 Å². The normalized spacial score (nSPS) is 16.6. The minimum Gasteiger partial charge on any atom is -0.385 e. The molecule has 0 aliphatic heterocycles. The molecule has 0 saturated carbocycles. The molecule has 86 valence electrons. The molecule has 0 aromatic carbocycles. The van der Waals surface area contributed by atoms with Crippen molar-refractivity contribution in [1.29, 1.82) is 0 Å². The smallest absolute Gasteiger partial charge is 0.0471 e. The summed E-state index contributed by atoms with van der Waals surface area (Å²) >= 11 is 0. The van der Waals surface area contributed by atoms with Gasteiger partial charge in [-0.05, 0) is 11.8 Å². The molecule has 0 radical (unpaired) electrons. The molecule has 2 N–H and O–H groups in total. The first-order valence-corrected chi connectivity index (χ1v) is 6.46. The van der Waals surface area contributed by atoms with E-state index >= 15 is 0 Å². The Labute approximate surface area is 89.9 Å². The molecule has 0 saturated heterocycles. The highest BCUT2D eigenvalue weighted by molar-refractivity contribution is 7.85. The topological polar surface area (TPSA) is 52.3 Å². The van der Waals surface area contributed by atoms with Crippen LogP contribution in [0.3, 0.4) is 0 Å². The highest BCUT2D eigenvalue weighted by Crippen LogP contribution is 2.17. The van der Waals surface area contributed by atoms with Crippen molar-refractivity contribution in [3.63, 3.8) is 0 Å². The molecule has 0 rings (SSSR count). The van der Waals surface area contributed by atoms with Crippen molar-refractivity contribution in [1.82, 2.24) is 0 Å². The van der Waals surface area contributed by atoms with Gasteiger partial charge < -0.3 is 10.5 Å². The summed E-state index contributed by atoms with van der Waals surface area (Å²) in [6.07, 6.45) is 0.847. The van der Waals surface area contributed by atoms with Gasteiger partial charge in [0.25, 0.3) is 0 Å². The summed E-state index contributed by atoms with van der Waals surface area (Å²) in [7, 11) is 0.853. The number of rotatable bonds is 6. The van der Waals surface area contributed by atoms with Gasteiger partial charge in [-0.25, -0.2) is 0 Å². The van der Waals surface area contributed by atoms with Crippen LogP contribution in [0.25, 0.3) is 0 Å². The summed E-state index contributed by atoms with van der Waals surface area (Å²) in [5.74, 6) is 1.28. The molecule has 0 fully saturated rings. The van der Waals surface area contributed by atoms with Crippen LogP contribution in [0.15, 0.2) is 0 Å². The van der Waals surface area contributed by atoms with Gasteiger partial charge in [-0.3, -0.25) is 4.21 Å². The molecule has 14 heavy (non-hydrogen) atoms. The van der Waals surface area contributed by atoms with E-state index in [-0.39, 0.29) is 11.5 Å². The van der Waals surface area contributed by atoms with Crippen LogP contribution in [0.4, 0.5) is 0 Å². The molecular formula is C10H23NO2S. The lowest BCUT2D eigenvalue weighted by molar-refractivity contribution is 0.200. The van der Waals surface area contributed by atoms with E-state index in [0.717, 1.165) is 6.42 Å². The molecule has 3 nitrogen and oxygen atoms in total. The highest BCUT2D eigenvalue weighted by Gasteiger charge is 2.22. The van der Waals surface area contributed by atoms with Crippen molar-refractivity contribution in [2.24, 2.45) is 11.1 Å². The largest absolute Gasteiger partial charge is 0.385 e. The molecule has 0 spiro atoms. The third-order valence-electron chi connectivity index (χ3n) is 2.20. The van der Waals surface area contributed by atoms with E-state index in [0.29, 0.717) is 18.1 Å². The number of hydrogen-bond donors (Lipinski definition) is 1. The molecule has 0 aliphatic carbocycles. The summed E-state index contributed by atoms with van der Waals surface area (Å²) in [6.45, 7) is 6.90. The van der Waals surface area contributed by atoms with E-state index in [1.165, 1.54) is 0 Å². The van der Waals surface area contributed by atoms with Gasteiger partial charge in [-0.2, -0.15) is 0 Å². The van der Waals surface area contributed by atoms with Gasteiger partial charge in [0.1, 0.15) is 0 Å². The van der Waals surface area contributed by atoms with Crippen LogP contribution in [-0.4, -0.2) is 35.5 Å². The van der Waals surface area contributed by atoms with Crippen molar-refractivity contribution >= 4 is 10.8 Å². The second-order valence-electron chi connectivity index (χ2n) is 4.63. The second-order valence-corrected chi connectivity index (χ2v) is 6.25. The van der Waals surface area contributed by atoms with Gasteiger partial charge in [0, 0.05) is 42.1 Å². The van der Waals surface area contributed by atoms with E-state index in [1.807, 2.05) is 0 Å². The maximum atomic E-state index is 11.6. The van der Waals surface area contributed by atoms with Crippen LogP contribution >= 0.6 is 0 Å². The average Bonchev–Trinajstić information content (AvgIpc) is 2.03. The number of methoxy groups -OCH3 is 1. The summed E-state index contributed by atoms with van der Waals surface area (Å²) in [4.78, 5) is 0. The molecule has 0 bridgehead atoms. The van der Waals surface area contributed by atoms with Gasteiger partial charge in [-0.15, -0.1) is 0 Å². The number of nitrogens with two attached hydrogens (primary N) is 1. The lowest BCUT2D eigenvalue weighted by atomic mass is 9.89. The SMILES string of the molecule is COCCCS(=O)CC(N)C(C)(C)C. The molecular weight excluding hydrogens is 198 g/mol. The minimum absolute atomic E-state index is 0.00544. The maximum absolute atomic E-state index is 11.6. The van der Waals surface area contributed by atoms with Crippen LogP contribution in [0, 0.1) is 5.41 Å². The van der Waals surface area contributed by atoms with Crippen molar-refractivity contribution in [3.8, 4) is 0 Å². The van der Waals surface area contributed by atoms with Crippen LogP contribution in [0.5, 0.6) is 0 Å². The third-order valence-corrected chi connectivity index (χ3v) is 3.67. The summed E-state index contributed by atoms with van der Waals surface area (Å²) < 4.78 is 16.4. The minimum atomic E-state index is -0.803. The van der Waals surface area contributed by atoms with E-state index in [4.69, 9.17) is 10.5 Å². The summed E-state index contributed by atoms with van der Waals surface area (Å²) in [5.41, 5.74) is 5.97. The quantitative estimate of drug-likeness (QED) is 0.684. The number of hydrogen-bond acceptors (Lipinski definition) is 3. The zero-order valence-electron chi connectivity index (χ0n) is 9.71. The lowest BCUT2D eigenvalue weighted by Crippen LogP contribution is -2.40. The zero-order chi connectivity index (χ0) is 11.2. The Bertz CT molecular complexity index is 177. The van der Waals surface area contributed by atoms with Gasteiger partial charge >= 0.3 is 0 Å². The van der Waals surface area contributed by atoms with Crippen molar-refractivity contribution in [2.45, 2.75) is 33.2 Å². The van der Waals surface area contributed by atoms with Crippen LogP contribution in [0.1, 0.15) is 27.2 Å². The second kappa shape index (κ2) is 6.53. The summed E-state index contributed by atoms with van der Waals surface area (Å²) in [5, 5.41) is 0. The Balaban J connectivity index is 3.72. The molecule has 0 aliphatic rings. The van der Waals surface area contributed by atoms with Crippen molar-refractivity contribution in [3.05, 3.63) is 0 Å². The number of ether oxygens (including phenoxy) is 1. The predicted molar refractivity (Wildman–Crippen MR) is 61.8 cm³/mol. The Morgan fingerprint density at radius 1 is 1.43 bits per heavy atom. The molecule has 0 heterocycles. The molecule has 0 aromatic heterocycles. The monoisotopic (exact) mass is 221 g/mol. The van der Waals surface area contributed by atoms with Crippen LogP contribution in [-0.2, 0) is 15.5 Å². The Morgan fingerprint density at radius 3 is 2.43 bits per heavy atom. The fraction of sp³-hybridized carbons (Fsp3) is 1.00. The van der Waals surface area contributed by atoms with Gasteiger partial charge in [0.2, 0.25) is 0 Å². The zero-order valence-corrected chi connectivity index (χ0v) is 10.5. The Morgan fingerprint density at radius 2 is 2.00 bits per heavy atom. The van der Waals surface area contributed by atoms with E-state index in [9.17, 15) is 4.21 Å². The Kier molecular flexibility index (Phi) is 6.57. The van der Waals surface area contributed by atoms with E-state index in [2.05, 4.69) is 20.8 Å². The van der Waals surface area contributed by atoms with E-state index in [1.54, 1.807) is 7.11 Å². The molecule has 0 amide bonds. The molecule has 2 atom stereocenters. The Hall–Kier alpha value is 0.0700. The average molecular weight is 221 g/mol. The van der Waals surface area contributed by atoms with Gasteiger partial charge in [0.15, 0.2) is 0 Å². The molecule has 0 aromatic rings. The van der Waals surface area contributed by atoms with Gasteiger partial charge in [0.05, 0.1) is 0 Å². The fourth-order valence-corrected chi connectivity index (χ4v) is 2.40. The third kappa shape index (κ3) is 6.51.